The van der Waals surface area contributed by atoms with Crippen LogP contribution in [0.25, 0.3) is 10.6 Å². The fourth-order valence-electron chi connectivity index (χ4n) is 2.17. The minimum Gasteiger partial charge on any atom is -0.394 e. The number of H-pyrrole nitrogens is 1. The fraction of sp³-hybridized carbons (Fsp3) is 0.267. The monoisotopic (exact) mass is 331 g/mol. The van der Waals surface area contributed by atoms with Crippen LogP contribution in [0.15, 0.2) is 29.6 Å². The van der Waals surface area contributed by atoms with Gasteiger partial charge in [0.25, 0.3) is 5.91 Å². The Morgan fingerprint density at radius 1 is 1.48 bits per heavy atom. The van der Waals surface area contributed by atoms with Crippen molar-refractivity contribution in [2.75, 3.05) is 11.9 Å². The van der Waals surface area contributed by atoms with Gasteiger partial charge in [0.05, 0.1) is 18.0 Å². The maximum Gasteiger partial charge on any atom is 0.277 e. The zero-order chi connectivity index (χ0) is 16.2. The van der Waals surface area contributed by atoms with E-state index in [9.17, 15) is 9.90 Å². The number of nitrogens with zero attached hydrogens (tertiary/aromatic N) is 3. The van der Waals surface area contributed by atoms with Crippen molar-refractivity contribution in [3.8, 4) is 10.6 Å². The highest BCUT2D eigenvalue weighted by Crippen LogP contribution is 2.26. The van der Waals surface area contributed by atoms with Crippen LogP contribution >= 0.6 is 11.3 Å². The summed E-state index contributed by atoms with van der Waals surface area (Å²) in [6.07, 6.45) is 0.783. The fourth-order valence-corrected chi connectivity index (χ4v) is 2.85. The summed E-state index contributed by atoms with van der Waals surface area (Å²) in [4.78, 5) is 13.3. The summed E-state index contributed by atoms with van der Waals surface area (Å²) < 4.78 is 1.58. The number of hydrogen-bond donors (Lipinski definition) is 3. The van der Waals surface area contributed by atoms with Crippen molar-refractivity contribution in [1.82, 2.24) is 20.0 Å². The number of thiophene rings is 1. The number of amides is 1. The summed E-state index contributed by atoms with van der Waals surface area (Å²) in [6, 6.07) is 7.43. The van der Waals surface area contributed by atoms with E-state index in [1.165, 1.54) is 0 Å². The molecule has 0 fully saturated rings. The molecular formula is C15H17N5O2S. The number of aromatic amines is 1. The number of hydrogen-bond acceptors (Lipinski definition) is 5. The van der Waals surface area contributed by atoms with Crippen molar-refractivity contribution >= 4 is 23.1 Å². The molecule has 8 heteroatoms. The lowest BCUT2D eigenvalue weighted by molar-refractivity contribution is 0.102. The molecule has 3 rings (SSSR count). The van der Waals surface area contributed by atoms with Crippen LogP contribution in [-0.2, 0) is 13.0 Å². The van der Waals surface area contributed by atoms with Crippen molar-refractivity contribution in [3.05, 3.63) is 41.0 Å². The second kappa shape index (κ2) is 6.76. The third-order valence-corrected chi connectivity index (χ3v) is 4.24. The van der Waals surface area contributed by atoms with Crippen molar-refractivity contribution < 1.29 is 9.90 Å². The molecule has 120 valence electrons. The van der Waals surface area contributed by atoms with E-state index < -0.39 is 0 Å². The zero-order valence-electron chi connectivity index (χ0n) is 12.6. The Labute approximate surface area is 137 Å². The predicted octanol–water partition coefficient (Wildman–Crippen LogP) is 2.14. The molecule has 0 saturated heterocycles. The van der Waals surface area contributed by atoms with E-state index in [-0.39, 0.29) is 12.5 Å². The number of aryl methyl sites for hydroxylation is 1. The van der Waals surface area contributed by atoms with Gasteiger partial charge in [-0.2, -0.15) is 10.2 Å². The van der Waals surface area contributed by atoms with E-state index in [2.05, 4.69) is 20.6 Å². The molecule has 3 aromatic heterocycles. The highest BCUT2D eigenvalue weighted by atomic mass is 32.1. The summed E-state index contributed by atoms with van der Waals surface area (Å²) in [5.74, 6) is 0.228. The topological polar surface area (TPSA) is 95.8 Å². The number of anilines is 1. The van der Waals surface area contributed by atoms with Crippen LogP contribution < -0.4 is 5.32 Å². The second-order valence-corrected chi connectivity index (χ2v) is 5.87. The lowest BCUT2D eigenvalue weighted by Crippen LogP contribution is -2.17. The van der Waals surface area contributed by atoms with E-state index in [4.69, 9.17) is 0 Å². The minimum absolute atomic E-state index is 0.0587. The molecule has 7 nitrogen and oxygen atoms in total. The number of aromatic nitrogens is 4. The third kappa shape index (κ3) is 3.33. The zero-order valence-corrected chi connectivity index (χ0v) is 13.4. The first-order valence-electron chi connectivity index (χ1n) is 7.29. The molecule has 1 amide bonds. The molecule has 0 spiro atoms. The molecule has 0 aliphatic heterocycles. The molecule has 0 aliphatic rings. The Kier molecular flexibility index (Phi) is 4.54. The maximum atomic E-state index is 12.3. The third-order valence-electron chi connectivity index (χ3n) is 3.35. The highest BCUT2D eigenvalue weighted by molar-refractivity contribution is 7.13. The minimum atomic E-state index is -0.308. The van der Waals surface area contributed by atoms with Crippen LogP contribution in [0.3, 0.4) is 0 Å². The molecule has 3 N–H and O–H groups in total. The predicted molar refractivity (Wildman–Crippen MR) is 88.5 cm³/mol. The van der Waals surface area contributed by atoms with Crippen LogP contribution in [0, 0.1) is 0 Å². The Morgan fingerprint density at radius 3 is 3.00 bits per heavy atom. The molecule has 0 radical (unpaired) electrons. The van der Waals surface area contributed by atoms with Crippen molar-refractivity contribution in [1.29, 1.82) is 0 Å². The first-order chi connectivity index (χ1) is 11.2. The molecule has 0 aliphatic carbocycles. The van der Waals surface area contributed by atoms with Gasteiger partial charge in [0.15, 0.2) is 5.69 Å². The number of aliphatic hydroxyl groups excluding tert-OH is 1. The summed E-state index contributed by atoms with van der Waals surface area (Å²) in [6.45, 7) is 2.23. The van der Waals surface area contributed by atoms with Crippen LogP contribution in [0.4, 0.5) is 5.82 Å². The smallest absolute Gasteiger partial charge is 0.277 e. The second-order valence-electron chi connectivity index (χ2n) is 4.92. The van der Waals surface area contributed by atoms with Crippen LogP contribution in [-0.4, -0.2) is 37.6 Å². The van der Waals surface area contributed by atoms with Crippen LogP contribution in [0.1, 0.15) is 23.1 Å². The van der Waals surface area contributed by atoms with E-state index in [1.807, 2.05) is 24.4 Å². The maximum absolute atomic E-state index is 12.3. The standard InChI is InChI=1S/C15H17N5O2S/c1-2-10-8-12(18-17-10)15(22)16-14-9-11(13-4-3-7-23-13)19-20(14)5-6-21/h3-4,7-9,21H,2,5-6H2,1H3,(H,16,22)(H,17,18). The van der Waals surface area contributed by atoms with Gasteiger partial charge in [-0.25, -0.2) is 4.68 Å². The number of carbonyl (C=O) groups is 1. The van der Waals surface area contributed by atoms with E-state index >= 15 is 0 Å². The van der Waals surface area contributed by atoms with E-state index in [0.29, 0.717) is 18.1 Å². The molecule has 23 heavy (non-hydrogen) atoms. The van der Waals surface area contributed by atoms with Crippen molar-refractivity contribution in [2.24, 2.45) is 0 Å². The number of rotatable bonds is 6. The van der Waals surface area contributed by atoms with Gasteiger partial charge in [-0.15, -0.1) is 11.3 Å². The average Bonchev–Trinajstić information content (AvgIpc) is 3.28. The average molecular weight is 331 g/mol. The quantitative estimate of drug-likeness (QED) is 0.645. The van der Waals surface area contributed by atoms with Gasteiger partial charge in [-0.05, 0) is 23.9 Å². The van der Waals surface area contributed by atoms with Gasteiger partial charge in [-0.1, -0.05) is 13.0 Å². The SMILES string of the molecule is CCc1cc(C(=O)Nc2cc(-c3cccs3)nn2CCO)n[nH]1. The molecule has 3 aromatic rings. The molecule has 0 unspecified atom stereocenters. The Hall–Kier alpha value is -2.45. The Balaban J connectivity index is 1.84. The molecule has 0 bridgehead atoms. The summed E-state index contributed by atoms with van der Waals surface area (Å²) in [7, 11) is 0. The number of nitrogens with one attached hydrogen (secondary N) is 2. The molecule has 3 heterocycles. The normalized spacial score (nSPS) is 10.9. The molecular weight excluding hydrogens is 314 g/mol. The Bertz CT molecular complexity index is 791. The van der Waals surface area contributed by atoms with Gasteiger partial charge in [0.1, 0.15) is 11.5 Å². The molecule has 0 saturated carbocycles. The van der Waals surface area contributed by atoms with Crippen LogP contribution in [0.2, 0.25) is 0 Å². The lowest BCUT2D eigenvalue weighted by Gasteiger charge is -2.05. The lowest BCUT2D eigenvalue weighted by atomic mass is 10.3. The first kappa shape index (κ1) is 15.4. The largest absolute Gasteiger partial charge is 0.394 e. The van der Waals surface area contributed by atoms with Crippen molar-refractivity contribution in [2.45, 2.75) is 19.9 Å². The van der Waals surface area contributed by atoms with Gasteiger partial charge in [-0.3, -0.25) is 9.89 Å². The molecule has 0 aromatic carbocycles. The number of aliphatic hydroxyl groups is 1. The van der Waals surface area contributed by atoms with E-state index in [1.54, 1.807) is 28.2 Å². The van der Waals surface area contributed by atoms with Crippen LogP contribution in [0.5, 0.6) is 0 Å². The van der Waals surface area contributed by atoms with Gasteiger partial charge in [0, 0.05) is 11.8 Å². The van der Waals surface area contributed by atoms with Gasteiger partial charge < -0.3 is 10.4 Å². The summed E-state index contributed by atoms with van der Waals surface area (Å²) in [5.41, 5.74) is 1.99. The van der Waals surface area contributed by atoms with E-state index in [0.717, 1.165) is 22.7 Å². The number of carbonyl (C=O) groups excluding carboxylic acids is 1. The summed E-state index contributed by atoms with van der Waals surface area (Å²) >= 11 is 1.57. The highest BCUT2D eigenvalue weighted by Gasteiger charge is 2.15. The Morgan fingerprint density at radius 2 is 2.35 bits per heavy atom. The molecule has 0 atom stereocenters. The van der Waals surface area contributed by atoms with Crippen molar-refractivity contribution in [3.63, 3.8) is 0 Å². The first-order valence-corrected chi connectivity index (χ1v) is 8.17. The van der Waals surface area contributed by atoms with Gasteiger partial charge in [0.2, 0.25) is 0 Å². The summed E-state index contributed by atoms with van der Waals surface area (Å²) in [5, 5.41) is 25.2. The van der Waals surface area contributed by atoms with Gasteiger partial charge >= 0.3 is 0 Å².